The number of nitrogens with zero attached hydrogens (tertiary/aromatic N) is 2. The smallest absolute Gasteiger partial charge is 0.306 e. The molecule has 0 amide bonds. The molecule has 1 aromatic rings. The second kappa shape index (κ2) is 6.59. The molecule has 0 saturated heterocycles. The van der Waals surface area contributed by atoms with Crippen LogP contribution in [0.15, 0.2) is 23.1 Å². The van der Waals surface area contributed by atoms with Crippen LogP contribution in [-0.4, -0.2) is 42.3 Å². The third-order valence-electron chi connectivity index (χ3n) is 2.69. The lowest BCUT2D eigenvalue weighted by atomic mass is 10.3. The molecule has 0 aliphatic heterocycles. The van der Waals surface area contributed by atoms with E-state index in [0.29, 0.717) is 12.1 Å². The molecule has 0 atom stereocenters. The molecule has 0 bridgehead atoms. The summed E-state index contributed by atoms with van der Waals surface area (Å²) in [5.41, 5.74) is -0.935. The maximum atomic E-state index is 13.2. The number of benzene rings is 1. The van der Waals surface area contributed by atoms with Crippen molar-refractivity contribution in [2.24, 2.45) is 0 Å². The number of hydrogen-bond donors (Lipinski definition) is 1. The number of carboxylic acids is 1. The number of sulfonamides is 1. The maximum Gasteiger partial charge on any atom is 0.306 e. The van der Waals surface area contributed by atoms with Crippen molar-refractivity contribution in [1.29, 1.82) is 0 Å². The van der Waals surface area contributed by atoms with Gasteiger partial charge in [0.25, 0.3) is 0 Å². The van der Waals surface area contributed by atoms with Gasteiger partial charge < -0.3 is 5.11 Å². The molecule has 1 aromatic carbocycles. The van der Waals surface area contributed by atoms with Gasteiger partial charge in [-0.2, -0.15) is 4.39 Å². The molecule has 0 heterocycles. The van der Waals surface area contributed by atoms with Gasteiger partial charge in [0.05, 0.1) is 9.82 Å². The van der Waals surface area contributed by atoms with Gasteiger partial charge in [0.2, 0.25) is 15.8 Å². The number of hydrogen-bond acceptors (Lipinski definition) is 5. The number of halogens is 1. The molecule has 0 radical (unpaired) electrons. The van der Waals surface area contributed by atoms with E-state index in [9.17, 15) is 27.7 Å². The number of aliphatic carboxylic acids is 1. The zero-order valence-electron chi connectivity index (χ0n) is 11.0. The third kappa shape index (κ3) is 4.20. The Morgan fingerprint density at radius 3 is 2.62 bits per heavy atom. The largest absolute Gasteiger partial charge is 0.481 e. The number of carboxylic acid groups (broad SMARTS) is 1. The van der Waals surface area contributed by atoms with E-state index in [1.54, 1.807) is 0 Å². The first kappa shape index (κ1) is 17.0. The summed E-state index contributed by atoms with van der Waals surface area (Å²) < 4.78 is 38.3. The van der Waals surface area contributed by atoms with Crippen LogP contribution in [0.4, 0.5) is 10.1 Å². The first-order valence-electron chi connectivity index (χ1n) is 5.78. The van der Waals surface area contributed by atoms with E-state index < -0.39 is 37.3 Å². The molecule has 10 heteroatoms. The van der Waals surface area contributed by atoms with Gasteiger partial charge >= 0.3 is 11.7 Å². The van der Waals surface area contributed by atoms with E-state index >= 15 is 0 Å². The minimum absolute atomic E-state index is 0.0696. The van der Waals surface area contributed by atoms with Crippen LogP contribution in [0.25, 0.3) is 0 Å². The van der Waals surface area contributed by atoms with Crippen LogP contribution in [0.3, 0.4) is 0 Å². The number of nitro groups is 1. The van der Waals surface area contributed by atoms with Crippen molar-refractivity contribution in [3.63, 3.8) is 0 Å². The van der Waals surface area contributed by atoms with Crippen molar-refractivity contribution in [1.82, 2.24) is 4.31 Å². The fourth-order valence-electron chi connectivity index (χ4n) is 1.55. The monoisotopic (exact) mass is 320 g/mol. The van der Waals surface area contributed by atoms with Crippen molar-refractivity contribution >= 4 is 21.7 Å². The van der Waals surface area contributed by atoms with Gasteiger partial charge in [0.1, 0.15) is 0 Å². The van der Waals surface area contributed by atoms with Crippen molar-refractivity contribution in [3.05, 3.63) is 34.1 Å². The Hall–Kier alpha value is -2.07. The summed E-state index contributed by atoms with van der Waals surface area (Å²) in [4.78, 5) is 19.5. The number of carbonyl (C=O) groups is 1. The molecule has 116 valence electrons. The first-order chi connectivity index (χ1) is 9.66. The minimum atomic E-state index is -4.04. The van der Waals surface area contributed by atoms with Gasteiger partial charge in [-0.25, -0.2) is 12.7 Å². The molecule has 0 aliphatic carbocycles. The third-order valence-corrected chi connectivity index (χ3v) is 4.54. The highest BCUT2D eigenvalue weighted by molar-refractivity contribution is 7.89. The lowest BCUT2D eigenvalue weighted by Crippen LogP contribution is -2.28. The van der Waals surface area contributed by atoms with Crippen LogP contribution < -0.4 is 0 Å². The van der Waals surface area contributed by atoms with Gasteiger partial charge in [-0.05, 0) is 18.6 Å². The zero-order valence-corrected chi connectivity index (χ0v) is 11.8. The Morgan fingerprint density at radius 1 is 1.48 bits per heavy atom. The fraction of sp³-hybridized carbons (Fsp3) is 0.364. The van der Waals surface area contributed by atoms with E-state index in [1.165, 1.54) is 7.05 Å². The van der Waals surface area contributed by atoms with Gasteiger partial charge in [-0.15, -0.1) is 0 Å². The molecule has 1 rings (SSSR count). The average molecular weight is 320 g/mol. The quantitative estimate of drug-likeness (QED) is 0.596. The van der Waals surface area contributed by atoms with Gasteiger partial charge in [0.15, 0.2) is 0 Å². The summed E-state index contributed by atoms with van der Waals surface area (Å²) in [7, 11) is -2.83. The molecule has 0 aromatic heterocycles. The van der Waals surface area contributed by atoms with E-state index in [2.05, 4.69) is 0 Å². The highest BCUT2D eigenvalue weighted by Crippen LogP contribution is 2.23. The molecule has 0 fully saturated rings. The van der Waals surface area contributed by atoms with E-state index in [0.717, 1.165) is 10.4 Å². The summed E-state index contributed by atoms with van der Waals surface area (Å²) in [6.07, 6.45) is -0.113. The minimum Gasteiger partial charge on any atom is -0.481 e. The second-order valence-corrected chi connectivity index (χ2v) is 6.24. The lowest BCUT2D eigenvalue weighted by Gasteiger charge is -2.16. The summed E-state index contributed by atoms with van der Waals surface area (Å²) in [6, 6.07) is 2.26. The molecule has 1 N–H and O–H groups in total. The predicted octanol–water partition coefficient (Wildman–Crippen LogP) is 1.22. The normalized spacial score (nSPS) is 11.6. The Morgan fingerprint density at radius 2 is 2.10 bits per heavy atom. The molecule has 0 spiro atoms. The summed E-state index contributed by atoms with van der Waals surface area (Å²) in [5.74, 6) is -2.19. The van der Waals surface area contributed by atoms with Crippen molar-refractivity contribution < 1.29 is 27.6 Å². The van der Waals surface area contributed by atoms with Crippen LogP contribution in [-0.2, 0) is 14.8 Å². The summed E-state index contributed by atoms with van der Waals surface area (Å²) >= 11 is 0. The van der Waals surface area contributed by atoms with Gasteiger partial charge in [0, 0.05) is 26.1 Å². The topological polar surface area (TPSA) is 118 Å². The van der Waals surface area contributed by atoms with Crippen molar-refractivity contribution in [3.8, 4) is 0 Å². The van der Waals surface area contributed by atoms with Crippen LogP contribution in [0.5, 0.6) is 0 Å². The standard InChI is InChI=1S/C11H13FN2O6S/c1-13(6-2-3-11(15)16)21(19,20)8-4-5-9(12)10(7-8)14(17)18/h4-5,7H,2-3,6H2,1H3,(H,15,16). The van der Waals surface area contributed by atoms with E-state index in [1.807, 2.05) is 0 Å². The molecular formula is C11H13FN2O6S. The van der Waals surface area contributed by atoms with Crippen LogP contribution >= 0.6 is 0 Å². The van der Waals surface area contributed by atoms with E-state index in [-0.39, 0.29) is 19.4 Å². The molecule has 8 nitrogen and oxygen atoms in total. The van der Waals surface area contributed by atoms with Crippen LogP contribution in [0.2, 0.25) is 0 Å². The Balaban J connectivity index is 2.99. The molecule has 0 unspecified atom stereocenters. The Kier molecular flexibility index (Phi) is 5.33. The number of rotatable bonds is 7. The first-order valence-corrected chi connectivity index (χ1v) is 7.22. The lowest BCUT2D eigenvalue weighted by molar-refractivity contribution is -0.387. The highest BCUT2D eigenvalue weighted by atomic mass is 32.2. The van der Waals surface area contributed by atoms with Crippen molar-refractivity contribution in [2.45, 2.75) is 17.7 Å². The second-order valence-electron chi connectivity index (χ2n) is 4.19. The molecule has 0 saturated carbocycles. The maximum absolute atomic E-state index is 13.2. The van der Waals surface area contributed by atoms with Gasteiger partial charge in [-0.3, -0.25) is 14.9 Å². The SMILES string of the molecule is CN(CCCC(=O)O)S(=O)(=O)c1ccc(F)c([N+](=O)[O-])c1. The van der Waals surface area contributed by atoms with Crippen LogP contribution in [0, 0.1) is 15.9 Å². The average Bonchev–Trinajstić information content (AvgIpc) is 2.37. The van der Waals surface area contributed by atoms with Gasteiger partial charge in [-0.1, -0.05) is 0 Å². The molecule has 0 aliphatic rings. The summed E-state index contributed by atoms with van der Waals surface area (Å²) in [5, 5.41) is 19.1. The van der Waals surface area contributed by atoms with E-state index in [4.69, 9.17) is 5.11 Å². The predicted molar refractivity (Wildman–Crippen MR) is 69.7 cm³/mol. The zero-order chi connectivity index (χ0) is 16.2. The fourth-order valence-corrected chi connectivity index (χ4v) is 2.78. The summed E-state index contributed by atoms with van der Waals surface area (Å²) in [6.45, 7) is -0.0696. The Bertz CT molecular complexity index is 661. The van der Waals surface area contributed by atoms with Crippen molar-refractivity contribution in [2.75, 3.05) is 13.6 Å². The molecular weight excluding hydrogens is 307 g/mol. The number of nitro benzene ring substituents is 1. The highest BCUT2D eigenvalue weighted by Gasteiger charge is 2.25. The Labute approximate surface area is 120 Å². The van der Waals surface area contributed by atoms with Crippen LogP contribution in [0.1, 0.15) is 12.8 Å². The molecule has 21 heavy (non-hydrogen) atoms.